The van der Waals surface area contributed by atoms with E-state index in [1.807, 2.05) is 0 Å². The Morgan fingerprint density at radius 1 is 1.03 bits per heavy atom. The van der Waals surface area contributed by atoms with Crippen LogP contribution in [0.1, 0.15) is 33.2 Å². The van der Waals surface area contributed by atoms with Crippen molar-refractivity contribution in [2.24, 2.45) is 0 Å². The van der Waals surface area contributed by atoms with Gasteiger partial charge in [0.15, 0.2) is 6.04 Å². The van der Waals surface area contributed by atoms with Gasteiger partial charge in [-0.15, -0.1) is 0 Å². The quantitative estimate of drug-likeness (QED) is 0.472. The minimum atomic E-state index is -1.35. The third kappa shape index (κ3) is 4.80. The second kappa shape index (κ2) is 9.71. The van der Waals surface area contributed by atoms with Crippen molar-refractivity contribution in [2.75, 3.05) is 6.61 Å². The normalized spacial score (nSPS) is 14.9. The number of ether oxygens (including phenoxy) is 1. The van der Waals surface area contributed by atoms with Crippen molar-refractivity contribution in [1.29, 1.82) is 0 Å². The van der Waals surface area contributed by atoms with E-state index < -0.39 is 35.8 Å². The second-order valence-corrected chi connectivity index (χ2v) is 6.93. The zero-order valence-corrected chi connectivity index (χ0v) is 16.9. The molecule has 8 heteroatoms. The van der Waals surface area contributed by atoms with Gasteiger partial charge in [-0.25, -0.2) is 4.79 Å². The van der Waals surface area contributed by atoms with Gasteiger partial charge in [-0.3, -0.25) is 19.3 Å². The van der Waals surface area contributed by atoms with Gasteiger partial charge in [0.1, 0.15) is 12.6 Å². The molecular weight excluding hydrogens is 400 g/mol. The average molecular weight is 422 g/mol. The van der Waals surface area contributed by atoms with Gasteiger partial charge < -0.3 is 15.2 Å². The van der Waals surface area contributed by atoms with Crippen LogP contribution in [0.15, 0.2) is 66.9 Å². The third-order valence-electron chi connectivity index (χ3n) is 4.82. The number of fused-ring (bicyclic) bond motifs is 1. The van der Waals surface area contributed by atoms with E-state index in [1.54, 1.807) is 55.5 Å². The summed E-state index contributed by atoms with van der Waals surface area (Å²) in [6.07, 6.45) is 2.94. The number of rotatable bonds is 9. The molecule has 0 aliphatic carbocycles. The van der Waals surface area contributed by atoms with E-state index in [-0.39, 0.29) is 24.2 Å². The topological polar surface area (TPSA) is 113 Å². The number of nitrogens with one attached hydrogen (secondary N) is 1. The molecular formula is C23H22N2O6. The number of amides is 3. The molecule has 2 N–H and O–H groups in total. The number of carboxylic acids is 1. The van der Waals surface area contributed by atoms with E-state index in [0.29, 0.717) is 0 Å². The number of hydrogen-bond donors (Lipinski definition) is 2. The number of carboxylic acid groups (broad SMARTS) is 1. The first kappa shape index (κ1) is 21.8. The van der Waals surface area contributed by atoms with Crippen molar-refractivity contribution in [2.45, 2.75) is 25.4 Å². The first-order valence-corrected chi connectivity index (χ1v) is 9.70. The van der Waals surface area contributed by atoms with Crippen LogP contribution >= 0.6 is 0 Å². The predicted octanol–water partition coefficient (Wildman–Crippen LogP) is 2.01. The Balaban J connectivity index is 1.90. The Bertz CT molecular complexity index is 983. The number of aliphatic carboxylic acids is 1. The van der Waals surface area contributed by atoms with E-state index in [9.17, 15) is 24.3 Å². The highest BCUT2D eigenvalue weighted by atomic mass is 16.5. The fourth-order valence-electron chi connectivity index (χ4n) is 3.32. The fraction of sp³-hybridized carbons (Fsp3) is 0.217. The summed E-state index contributed by atoms with van der Waals surface area (Å²) in [6.45, 7) is 1.40. The molecule has 0 saturated carbocycles. The van der Waals surface area contributed by atoms with Crippen LogP contribution in [0, 0.1) is 0 Å². The lowest BCUT2D eigenvalue weighted by molar-refractivity contribution is -0.143. The maximum Gasteiger partial charge on any atom is 0.329 e. The van der Waals surface area contributed by atoms with E-state index in [2.05, 4.69) is 5.32 Å². The molecule has 0 bridgehead atoms. The summed E-state index contributed by atoms with van der Waals surface area (Å²) in [4.78, 5) is 51.5. The molecule has 3 rings (SSSR count). The molecule has 31 heavy (non-hydrogen) atoms. The SMILES string of the molecule is CC=COC[C@H](NC(=O)C(Cc1ccccc1)N1C(=O)c2ccccc2C1=O)C(=O)O. The van der Waals surface area contributed by atoms with Crippen molar-refractivity contribution >= 4 is 23.7 Å². The van der Waals surface area contributed by atoms with Crippen LogP contribution in [0.5, 0.6) is 0 Å². The number of imide groups is 1. The summed E-state index contributed by atoms with van der Waals surface area (Å²) in [5.74, 6) is -3.23. The number of hydrogen-bond acceptors (Lipinski definition) is 5. The lowest BCUT2D eigenvalue weighted by Crippen LogP contribution is -2.55. The molecule has 2 aromatic rings. The Kier molecular flexibility index (Phi) is 6.81. The summed E-state index contributed by atoms with van der Waals surface area (Å²) in [6, 6.07) is 12.6. The minimum absolute atomic E-state index is 0.0419. The van der Waals surface area contributed by atoms with Crippen LogP contribution < -0.4 is 5.32 Å². The first-order valence-electron chi connectivity index (χ1n) is 9.70. The largest absolute Gasteiger partial charge is 0.499 e. The Labute approximate surface area is 179 Å². The van der Waals surface area contributed by atoms with Gasteiger partial charge in [0, 0.05) is 6.42 Å². The monoisotopic (exact) mass is 422 g/mol. The van der Waals surface area contributed by atoms with E-state index in [0.717, 1.165) is 10.5 Å². The number of carbonyl (C=O) groups excluding carboxylic acids is 3. The van der Waals surface area contributed by atoms with Crippen LogP contribution in [0.3, 0.4) is 0 Å². The van der Waals surface area contributed by atoms with Crippen LogP contribution in [0.25, 0.3) is 0 Å². The molecule has 0 radical (unpaired) electrons. The summed E-state index contributed by atoms with van der Waals surface area (Å²) in [5.41, 5.74) is 1.14. The molecule has 1 unspecified atom stereocenters. The van der Waals surface area contributed by atoms with Gasteiger partial charge in [-0.1, -0.05) is 48.5 Å². The standard InChI is InChI=1S/C23H22N2O6/c1-2-12-31-14-18(23(29)30)24-20(26)19(13-15-8-4-3-5-9-15)25-21(27)16-10-6-7-11-17(16)22(25)28/h2-12,18-19H,13-14H2,1H3,(H,24,26)(H,29,30)/t18-,19?/m0/s1. The molecule has 1 aliphatic heterocycles. The van der Waals surface area contributed by atoms with E-state index in [4.69, 9.17) is 4.74 Å². The van der Waals surface area contributed by atoms with Gasteiger partial charge in [-0.2, -0.15) is 0 Å². The molecule has 0 spiro atoms. The van der Waals surface area contributed by atoms with Gasteiger partial charge in [0.2, 0.25) is 5.91 Å². The molecule has 1 aliphatic rings. The number of allylic oxidation sites excluding steroid dienone is 1. The fourth-order valence-corrected chi connectivity index (χ4v) is 3.32. The molecule has 160 valence electrons. The molecule has 2 aromatic carbocycles. The van der Waals surface area contributed by atoms with Gasteiger partial charge in [0.05, 0.1) is 17.4 Å². The average Bonchev–Trinajstić information content (AvgIpc) is 3.02. The smallest absolute Gasteiger partial charge is 0.329 e. The highest BCUT2D eigenvalue weighted by molar-refractivity contribution is 6.22. The van der Waals surface area contributed by atoms with Crippen LogP contribution in [-0.4, -0.2) is 52.4 Å². The lowest BCUT2D eigenvalue weighted by Gasteiger charge is -2.27. The highest BCUT2D eigenvalue weighted by Crippen LogP contribution is 2.26. The molecule has 2 atom stereocenters. The molecule has 3 amide bonds. The van der Waals surface area contributed by atoms with Crippen molar-refractivity contribution in [1.82, 2.24) is 10.2 Å². The second-order valence-electron chi connectivity index (χ2n) is 6.93. The Morgan fingerprint density at radius 3 is 2.16 bits per heavy atom. The van der Waals surface area contributed by atoms with Gasteiger partial charge in [0.25, 0.3) is 11.8 Å². The Morgan fingerprint density at radius 2 is 1.61 bits per heavy atom. The minimum Gasteiger partial charge on any atom is -0.499 e. The molecule has 0 aromatic heterocycles. The van der Waals surface area contributed by atoms with E-state index in [1.165, 1.54) is 18.4 Å². The number of nitrogens with zero attached hydrogens (tertiary/aromatic N) is 1. The number of benzene rings is 2. The zero-order valence-electron chi connectivity index (χ0n) is 16.9. The summed E-state index contributed by atoms with van der Waals surface area (Å²) in [5, 5.41) is 11.8. The van der Waals surface area contributed by atoms with Crippen molar-refractivity contribution in [3.8, 4) is 0 Å². The number of carbonyl (C=O) groups is 4. The molecule has 8 nitrogen and oxygen atoms in total. The van der Waals surface area contributed by atoms with Gasteiger partial charge in [-0.05, 0) is 24.6 Å². The molecule has 0 fully saturated rings. The van der Waals surface area contributed by atoms with Crippen LogP contribution in [0.4, 0.5) is 0 Å². The van der Waals surface area contributed by atoms with Gasteiger partial charge >= 0.3 is 5.97 Å². The van der Waals surface area contributed by atoms with Crippen molar-refractivity contribution in [3.05, 3.63) is 83.6 Å². The molecule has 1 heterocycles. The van der Waals surface area contributed by atoms with Crippen LogP contribution in [-0.2, 0) is 20.7 Å². The van der Waals surface area contributed by atoms with Crippen molar-refractivity contribution < 1.29 is 29.0 Å². The Hall–Kier alpha value is -3.94. The third-order valence-corrected chi connectivity index (χ3v) is 4.82. The van der Waals surface area contributed by atoms with Crippen LogP contribution in [0.2, 0.25) is 0 Å². The summed E-state index contributed by atoms with van der Waals surface area (Å²) < 4.78 is 5.10. The van der Waals surface area contributed by atoms with E-state index >= 15 is 0 Å². The molecule has 0 saturated heterocycles. The lowest BCUT2D eigenvalue weighted by atomic mass is 10.0. The maximum atomic E-state index is 13.1. The maximum absolute atomic E-state index is 13.1. The predicted molar refractivity (Wildman–Crippen MR) is 111 cm³/mol. The first-order chi connectivity index (χ1) is 14.9. The van der Waals surface area contributed by atoms with Crippen molar-refractivity contribution in [3.63, 3.8) is 0 Å². The highest BCUT2D eigenvalue weighted by Gasteiger charge is 2.43. The zero-order chi connectivity index (χ0) is 22.4. The summed E-state index contributed by atoms with van der Waals surface area (Å²) >= 11 is 0. The summed E-state index contributed by atoms with van der Waals surface area (Å²) in [7, 11) is 0.